The van der Waals surface area contributed by atoms with E-state index in [1.54, 1.807) is 0 Å². The molecule has 0 radical (unpaired) electrons. The second kappa shape index (κ2) is 14.2. The van der Waals surface area contributed by atoms with Gasteiger partial charge < -0.3 is 43.4 Å². The van der Waals surface area contributed by atoms with Gasteiger partial charge in [-0.15, -0.1) is 0 Å². The minimum Gasteiger partial charge on any atom is -0.480 e. The topological polar surface area (TPSA) is 235 Å². The first-order valence-electron chi connectivity index (χ1n) is 10.4. The number of nitrogens with two attached hydrogens (primary N) is 3. The van der Waals surface area contributed by atoms with Gasteiger partial charge in [-0.3, -0.25) is 19.4 Å². The molecule has 0 heterocycles. The third-order valence-corrected chi connectivity index (χ3v) is 4.38. The predicted octanol–water partition coefficient (Wildman–Crippen LogP) is -2.65. The van der Waals surface area contributed by atoms with Crippen molar-refractivity contribution in [1.82, 2.24) is 16.0 Å². The molecule has 0 aliphatic carbocycles. The molecule has 13 heteroatoms. The Labute approximate surface area is 187 Å². The van der Waals surface area contributed by atoms with Gasteiger partial charge in [0.05, 0.1) is 12.1 Å². The van der Waals surface area contributed by atoms with Crippen LogP contribution in [0.4, 0.5) is 0 Å². The fourth-order valence-corrected chi connectivity index (χ4v) is 2.69. The number of aliphatic hydroxyl groups excluding tert-OH is 1. The first-order valence-corrected chi connectivity index (χ1v) is 10.4. The molecule has 3 amide bonds. The molecule has 184 valence electrons. The summed E-state index contributed by atoms with van der Waals surface area (Å²) >= 11 is 0. The molecule has 0 saturated heterocycles. The Kier molecular flexibility index (Phi) is 12.9. The number of nitrogens with one attached hydrogen (secondary N) is 3. The molecule has 0 rings (SSSR count). The Morgan fingerprint density at radius 2 is 1.47 bits per heavy atom. The van der Waals surface area contributed by atoms with Crippen LogP contribution in [0, 0.1) is 5.92 Å². The summed E-state index contributed by atoms with van der Waals surface area (Å²) in [5.41, 5.74) is 16.0. The normalized spacial score (nSPS) is 15.6. The van der Waals surface area contributed by atoms with E-state index >= 15 is 0 Å². The number of hydrogen-bond donors (Lipinski definition) is 8. The van der Waals surface area contributed by atoms with Crippen molar-refractivity contribution < 1.29 is 29.4 Å². The van der Waals surface area contributed by atoms with Crippen molar-refractivity contribution in [2.24, 2.45) is 28.1 Å². The minimum atomic E-state index is -1.37. The van der Waals surface area contributed by atoms with Gasteiger partial charge in [-0.25, -0.2) is 4.79 Å². The highest BCUT2D eigenvalue weighted by Crippen LogP contribution is 2.07. The lowest BCUT2D eigenvalue weighted by atomic mass is 10.0. The van der Waals surface area contributed by atoms with Crippen LogP contribution < -0.4 is 33.2 Å². The number of carboxylic acids is 1. The van der Waals surface area contributed by atoms with Crippen molar-refractivity contribution >= 4 is 29.7 Å². The van der Waals surface area contributed by atoms with Crippen LogP contribution in [0.3, 0.4) is 0 Å². The van der Waals surface area contributed by atoms with Gasteiger partial charge in [0, 0.05) is 6.54 Å². The Balaban J connectivity index is 5.49. The maximum atomic E-state index is 12.8. The maximum absolute atomic E-state index is 12.8. The number of guanidine groups is 1. The fraction of sp³-hybridized carbons (Fsp3) is 0.737. The van der Waals surface area contributed by atoms with Crippen LogP contribution in [0.2, 0.25) is 0 Å². The second-order valence-corrected chi connectivity index (χ2v) is 8.05. The summed E-state index contributed by atoms with van der Waals surface area (Å²) in [6, 6.07) is -4.59. The number of aliphatic hydroxyl groups is 1. The average Bonchev–Trinajstić information content (AvgIpc) is 2.66. The highest BCUT2D eigenvalue weighted by atomic mass is 16.4. The molecule has 13 nitrogen and oxygen atoms in total. The zero-order chi connectivity index (χ0) is 25.0. The molecule has 0 fully saturated rings. The van der Waals surface area contributed by atoms with E-state index in [-0.39, 0.29) is 31.3 Å². The van der Waals surface area contributed by atoms with Crippen LogP contribution in [-0.4, -0.2) is 76.7 Å². The average molecular weight is 460 g/mol. The summed E-state index contributed by atoms with van der Waals surface area (Å²) in [5.74, 6) is -3.55. The minimum absolute atomic E-state index is 0.000563. The number of rotatable bonds is 14. The van der Waals surface area contributed by atoms with Gasteiger partial charge in [0.25, 0.3) is 0 Å². The second-order valence-electron chi connectivity index (χ2n) is 8.05. The van der Waals surface area contributed by atoms with Gasteiger partial charge in [0.1, 0.15) is 18.1 Å². The van der Waals surface area contributed by atoms with E-state index in [4.69, 9.17) is 17.2 Å². The van der Waals surface area contributed by atoms with Gasteiger partial charge in [-0.1, -0.05) is 13.8 Å². The van der Waals surface area contributed by atoms with E-state index in [0.717, 1.165) is 0 Å². The lowest BCUT2D eigenvalue weighted by Gasteiger charge is -2.26. The zero-order valence-electron chi connectivity index (χ0n) is 19.0. The number of amides is 3. The summed E-state index contributed by atoms with van der Waals surface area (Å²) in [6.45, 7) is 6.50. The lowest BCUT2D eigenvalue weighted by Crippen LogP contribution is -2.59. The van der Waals surface area contributed by atoms with Crippen molar-refractivity contribution in [3.8, 4) is 0 Å². The Bertz CT molecular complexity index is 677. The summed E-state index contributed by atoms with van der Waals surface area (Å²) in [7, 11) is 0. The van der Waals surface area contributed by atoms with Gasteiger partial charge in [0.2, 0.25) is 17.7 Å². The van der Waals surface area contributed by atoms with E-state index in [1.165, 1.54) is 13.8 Å². The first kappa shape index (κ1) is 29.1. The molecule has 0 spiro atoms. The number of carbonyl (C=O) groups is 4. The van der Waals surface area contributed by atoms with Crippen LogP contribution in [0.1, 0.15) is 47.0 Å². The molecule has 11 N–H and O–H groups in total. The number of carbonyl (C=O) groups excluding carboxylic acids is 3. The first-order chi connectivity index (χ1) is 14.8. The van der Waals surface area contributed by atoms with Crippen LogP contribution in [-0.2, 0) is 19.2 Å². The third-order valence-electron chi connectivity index (χ3n) is 4.38. The van der Waals surface area contributed by atoms with Crippen molar-refractivity contribution in [2.45, 2.75) is 77.2 Å². The summed E-state index contributed by atoms with van der Waals surface area (Å²) < 4.78 is 0. The van der Waals surface area contributed by atoms with E-state index in [2.05, 4.69) is 20.9 Å². The SMILES string of the molecule is CC(C)CC(NC(=O)C(CCCN=C(N)N)NC(=O)C(NC(=O)C(C)N)C(C)O)C(=O)O. The molecule has 0 aromatic carbocycles. The maximum Gasteiger partial charge on any atom is 0.326 e. The van der Waals surface area contributed by atoms with Gasteiger partial charge in [0.15, 0.2) is 5.96 Å². The standard InChI is InChI=1S/C19H37N7O6/c1-9(2)8-13(18(31)32)25-16(29)12(6-5-7-23-19(21)22)24-17(30)14(11(4)27)26-15(28)10(3)20/h9-14,27H,5-8,20H2,1-4H3,(H,24,30)(H,25,29)(H,26,28)(H,31,32)(H4,21,22,23). The number of aliphatic carboxylic acids is 1. The van der Waals surface area contributed by atoms with E-state index in [0.29, 0.717) is 6.42 Å². The lowest BCUT2D eigenvalue weighted by molar-refractivity contribution is -0.143. The molecule has 0 aliphatic rings. The molecule has 0 saturated carbocycles. The molecule has 0 aliphatic heterocycles. The largest absolute Gasteiger partial charge is 0.480 e. The Hall–Kier alpha value is -2.93. The third kappa shape index (κ3) is 11.5. The smallest absolute Gasteiger partial charge is 0.326 e. The molecule has 0 bridgehead atoms. The van der Waals surface area contributed by atoms with Crippen molar-refractivity contribution in [2.75, 3.05) is 6.54 Å². The summed E-state index contributed by atoms with van der Waals surface area (Å²) in [5, 5.41) is 26.5. The van der Waals surface area contributed by atoms with E-state index in [9.17, 15) is 29.4 Å². The van der Waals surface area contributed by atoms with E-state index in [1.807, 2.05) is 13.8 Å². The number of aliphatic imine (C=N–C) groups is 1. The molecule has 5 unspecified atom stereocenters. The molecular weight excluding hydrogens is 422 g/mol. The predicted molar refractivity (Wildman–Crippen MR) is 118 cm³/mol. The molecule has 5 atom stereocenters. The van der Waals surface area contributed by atoms with E-state index < -0.39 is 54.0 Å². The highest BCUT2D eigenvalue weighted by molar-refractivity contribution is 5.94. The van der Waals surface area contributed by atoms with Crippen LogP contribution in [0.15, 0.2) is 4.99 Å². The van der Waals surface area contributed by atoms with Crippen molar-refractivity contribution in [3.63, 3.8) is 0 Å². The Morgan fingerprint density at radius 1 is 0.906 bits per heavy atom. The van der Waals surface area contributed by atoms with Crippen LogP contribution in [0.5, 0.6) is 0 Å². The van der Waals surface area contributed by atoms with Gasteiger partial charge in [-0.05, 0) is 39.0 Å². The number of nitrogens with zero attached hydrogens (tertiary/aromatic N) is 1. The molecule has 0 aromatic rings. The molecular formula is C19H37N7O6. The summed E-state index contributed by atoms with van der Waals surface area (Å²) in [4.78, 5) is 52.7. The van der Waals surface area contributed by atoms with Gasteiger partial charge >= 0.3 is 5.97 Å². The highest BCUT2D eigenvalue weighted by Gasteiger charge is 2.32. The summed E-state index contributed by atoms with van der Waals surface area (Å²) in [6.07, 6.45) is -0.716. The Morgan fingerprint density at radius 3 is 1.91 bits per heavy atom. The van der Waals surface area contributed by atoms with Crippen molar-refractivity contribution in [3.05, 3.63) is 0 Å². The number of hydrogen-bond acceptors (Lipinski definition) is 7. The molecule has 0 aromatic heterocycles. The van der Waals surface area contributed by atoms with Crippen molar-refractivity contribution in [1.29, 1.82) is 0 Å². The quantitative estimate of drug-likeness (QED) is 0.0768. The van der Waals surface area contributed by atoms with Gasteiger partial charge in [-0.2, -0.15) is 0 Å². The van der Waals surface area contributed by atoms with Crippen LogP contribution >= 0.6 is 0 Å². The zero-order valence-corrected chi connectivity index (χ0v) is 19.0. The number of carboxylic acid groups (broad SMARTS) is 1. The molecule has 32 heavy (non-hydrogen) atoms. The fourth-order valence-electron chi connectivity index (χ4n) is 2.69. The monoisotopic (exact) mass is 459 g/mol. The van der Waals surface area contributed by atoms with Crippen LogP contribution in [0.25, 0.3) is 0 Å².